The van der Waals surface area contributed by atoms with Crippen molar-refractivity contribution in [2.24, 2.45) is 29.6 Å². The number of halogens is 1. The molecule has 304 valence electrons. The molecule has 2 unspecified atom stereocenters. The van der Waals surface area contributed by atoms with Crippen LogP contribution in [0, 0.1) is 35.4 Å². The third-order valence-corrected chi connectivity index (χ3v) is 11.6. The van der Waals surface area contributed by atoms with Crippen molar-refractivity contribution in [3.05, 3.63) is 35.6 Å². The van der Waals surface area contributed by atoms with Gasteiger partial charge >= 0.3 is 5.97 Å². The SMILES string of the molecule is CC[C@H](C)C([C@@H](CC(=O)N1[C@H]2C[C@H]2C[C@H]1[C@H](OC)[C@@H](C)C(=O)N[C@@H](Cc1ccccc1F)C(=O)O)OC)N(C)C(=O)C(NC(=O)[C@@H](NC)C(C)C)C(C)C. The zero-order chi connectivity index (χ0) is 40.6. The lowest BCUT2D eigenvalue weighted by molar-refractivity contribution is -0.149. The van der Waals surface area contributed by atoms with Gasteiger partial charge < -0.3 is 40.3 Å². The van der Waals surface area contributed by atoms with Gasteiger partial charge in [0.05, 0.1) is 42.7 Å². The fraction of sp³-hybridized carbons (Fsp3) is 0.725. The van der Waals surface area contributed by atoms with Crippen LogP contribution in [0.15, 0.2) is 24.3 Å². The van der Waals surface area contributed by atoms with Crippen molar-refractivity contribution >= 4 is 29.6 Å². The molecule has 0 radical (unpaired) electrons. The number of likely N-dealkylation sites (N-methyl/N-ethyl adjacent to an activating group) is 2. The predicted molar refractivity (Wildman–Crippen MR) is 203 cm³/mol. The van der Waals surface area contributed by atoms with Gasteiger partial charge in [0, 0.05) is 33.7 Å². The first-order valence-electron chi connectivity index (χ1n) is 19.3. The number of likely N-dealkylation sites (tertiary alicyclic amines) is 1. The number of methoxy groups -OCH3 is 2. The van der Waals surface area contributed by atoms with E-state index in [1.807, 2.05) is 41.5 Å². The van der Waals surface area contributed by atoms with Gasteiger partial charge in [-0.15, -0.1) is 0 Å². The van der Waals surface area contributed by atoms with Crippen molar-refractivity contribution in [2.75, 3.05) is 28.3 Å². The summed E-state index contributed by atoms with van der Waals surface area (Å²) in [6.07, 6.45) is 0.457. The van der Waals surface area contributed by atoms with Gasteiger partial charge in [0.1, 0.15) is 17.9 Å². The number of fused-ring (bicyclic) bond motifs is 1. The summed E-state index contributed by atoms with van der Waals surface area (Å²) >= 11 is 0. The van der Waals surface area contributed by atoms with Crippen LogP contribution in [0.4, 0.5) is 4.39 Å². The Hall–Kier alpha value is -3.62. The monoisotopic (exact) mass is 761 g/mol. The predicted octanol–water partition coefficient (Wildman–Crippen LogP) is 3.24. The summed E-state index contributed by atoms with van der Waals surface area (Å²) in [6.45, 7) is 13.3. The Labute approximate surface area is 320 Å². The van der Waals surface area contributed by atoms with E-state index in [0.29, 0.717) is 12.8 Å². The number of piperidine rings is 1. The lowest BCUT2D eigenvalue weighted by Crippen LogP contribution is -2.59. The zero-order valence-electron chi connectivity index (χ0n) is 33.9. The summed E-state index contributed by atoms with van der Waals surface area (Å²) in [7, 11) is 6.41. The first-order chi connectivity index (χ1) is 25.4. The maximum atomic E-state index is 14.4. The van der Waals surface area contributed by atoms with Gasteiger partial charge in [-0.1, -0.05) is 73.1 Å². The van der Waals surface area contributed by atoms with Gasteiger partial charge in [0.2, 0.25) is 23.6 Å². The van der Waals surface area contributed by atoms with E-state index in [4.69, 9.17) is 9.47 Å². The molecule has 1 saturated heterocycles. The molecule has 1 aliphatic heterocycles. The number of hydrogen-bond donors (Lipinski definition) is 4. The third-order valence-electron chi connectivity index (χ3n) is 11.6. The van der Waals surface area contributed by atoms with Crippen molar-refractivity contribution in [1.82, 2.24) is 25.8 Å². The molecule has 1 aromatic rings. The number of carboxylic acids is 1. The summed E-state index contributed by atoms with van der Waals surface area (Å²) in [4.78, 5) is 70.8. The highest BCUT2D eigenvalue weighted by atomic mass is 19.1. The Morgan fingerprint density at radius 3 is 2.09 bits per heavy atom. The molecule has 14 heteroatoms. The fourth-order valence-electron chi connectivity index (χ4n) is 8.14. The van der Waals surface area contributed by atoms with E-state index in [1.54, 1.807) is 36.9 Å². The number of carbonyl (C=O) groups excluding carboxylic acids is 4. The largest absolute Gasteiger partial charge is 0.480 e. The highest BCUT2D eigenvalue weighted by Gasteiger charge is 2.57. The van der Waals surface area contributed by atoms with Crippen molar-refractivity contribution in [3.63, 3.8) is 0 Å². The number of benzene rings is 1. The summed E-state index contributed by atoms with van der Waals surface area (Å²) in [6, 6.07) is 2.21. The quantitative estimate of drug-likeness (QED) is 0.147. The van der Waals surface area contributed by atoms with E-state index >= 15 is 0 Å². The number of nitrogens with one attached hydrogen (secondary N) is 3. The van der Waals surface area contributed by atoms with E-state index in [2.05, 4.69) is 16.0 Å². The molecule has 1 saturated carbocycles. The van der Waals surface area contributed by atoms with Crippen LogP contribution in [0.2, 0.25) is 0 Å². The lowest BCUT2D eigenvalue weighted by Gasteiger charge is -2.41. The van der Waals surface area contributed by atoms with Crippen LogP contribution in [0.5, 0.6) is 0 Å². The summed E-state index contributed by atoms with van der Waals surface area (Å²) < 4.78 is 26.2. The Morgan fingerprint density at radius 2 is 1.57 bits per heavy atom. The van der Waals surface area contributed by atoms with E-state index in [9.17, 15) is 33.5 Å². The molecular weight excluding hydrogens is 697 g/mol. The van der Waals surface area contributed by atoms with Gasteiger partial charge in [-0.05, 0) is 55.2 Å². The Morgan fingerprint density at radius 1 is 0.944 bits per heavy atom. The number of amides is 4. The van der Waals surface area contributed by atoms with Gasteiger partial charge in [0.15, 0.2) is 0 Å². The average molecular weight is 762 g/mol. The first-order valence-corrected chi connectivity index (χ1v) is 19.3. The third kappa shape index (κ3) is 10.6. The minimum absolute atomic E-state index is 0.00943. The number of hydrogen-bond acceptors (Lipinski definition) is 8. The Bertz CT molecular complexity index is 1460. The molecule has 2 fully saturated rings. The first kappa shape index (κ1) is 44.8. The van der Waals surface area contributed by atoms with Gasteiger partial charge in [-0.25, -0.2) is 9.18 Å². The molecule has 3 rings (SSSR count). The van der Waals surface area contributed by atoms with Crippen LogP contribution in [0.1, 0.15) is 79.7 Å². The summed E-state index contributed by atoms with van der Waals surface area (Å²) in [5, 5.41) is 18.4. The molecule has 0 aromatic heterocycles. The maximum Gasteiger partial charge on any atom is 0.326 e. The second-order valence-corrected chi connectivity index (χ2v) is 15.9. The van der Waals surface area contributed by atoms with E-state index in [1.165, 1.54) is 32.4 Å². The van der Waals surface area contributed by atoms with Crippen LogP contribution in [-0.4, -0.2) is 121 Å². The normalized spacial score (nSPS) is 22.3. The topological polar surface area (TPSA) is 167 Å². The number of ether oxygens (including phenoxy) is 2. The highest BCUT2D eigenvalue weighted by Crippen LogP contribution is 2.50. The highest BCUT2D eigenvalue weighted by molar-refractivity contribution is 5.90. The molecule has 13 nitrogen and oxygen atoms in total. The van der Waals surface area contributed by atoms with Crippen LogP contribution in [-0.2, 0) is 39.9 Å². The molecular formula is C40H64FN5O8. The molecule has 11 atom stereocenters. The molecule has 54 heavy (non-hydrogen) atoms. The zero-order valence-corrected chi connectivity index (χ0v) is 33.9. The smallest absolute Gasteiger partial charge is 0.326 e. The minimum atomic E-state index is -1.37. The number of rotatable bonds is 21. The van der Waals surface area contributed by atoms with Crippen LogP contribution in [0.25, 0.3) is 0 Å². The standard InChI is InChI=1S/C40H64FN5O8/c1-12-23(6)35(45(9)39(50)34(22(4)5)44-38(49)33(42-8)21(2)3)31(53-10)20-32(47)46-29-18-26(29)19-30(46)36(54-11)24(7)37(48)43-28(40(51)52)17-25-15-13-14-16-27(25)41/h13-16,21-24,26,28-31,33-36,42H,12,17-20H2,1-11H3,(H,43,48)(H,44,49)(H,51,52)/t23-,24+,26-,28-,29-,30-,31+,33-,34?,35?,36+/m0/s1. The Kier molecular flexibility index (Phi) is 16.4. The number of carboxylic acid groups (broad SMARTS) is 1. The summed E-state index contributed by atoms with van der Waals surface area (Å²) in [5.74, 6) is -4.01. The average Bonchev–Trinajstić information content (AvgIpc) is 3.78. The van der Waals surface area contributed by atoms with Gasteiger partial charge in [-0.3, -0.25) is 19.2 Å². The molecule has 4 N–H and O–H groups in total. The van der Waals surface area contributed by atoms with E-state index in [0.717, 1.165) is 6.42 Å². The summed E-state index contributed by atoms with van der Waals surface area (Å²) in [5.41, 5.74) is 0.169. The maximum absolute atomic E-state index is 14.4. The van der Waals surface area contributed by atoms with Crippen molar-refractivity contribution in [2.45, 2.75) is 129 Å². The van der Waals surface area contributed by atoms with Crippen LogP contribution in [0.3, 0.4) is 0 Å². The van der Waals surface area contributed by atoms with E-state index in [-0.39, 0.29) is 65.8 Å². The van der Waals surface area contributed by atoms with E-state index < -0.39 is 66.0 Å². The number of carbonyl (C=O) groups is 5. The van der Waals surface area contributed by atoms with Crippen LogP contribution >= 0.6 is 0 Å². The molecule has 1 heterocycles. The molecule has 4 amide bonds. The number of nitrogens with zero attached hydrogens (tertiary/aromatic N) is 2. The number of aliphatic carboxylic acids is 1. The second kappa shape index (κ2) is 19.8. The second-order valence-electron chi connectivity index (χ2n) is 15.9. The molecule has 0 spiro atoms. The van der Waals surface area contributed by atoms with Crippen molar-refractivity contribution in [3.8, 4) is 0 Å². The minimum Gasteiger partial charge on any atom is -0.480 e. The molecule has 1 aliphatic carbocycles. The lowest BCUT2D eigenvalue weighted by atomic mass is 9.89. The Balaban J connectivity index is 1.81. The van der Waals surface area contributed by atoms with Crippen LogP contribution < -0.4 is 16.0 Å². The fourth-order valence-corrected chi connectivity index (χ4v) is 8.14. The van der Waals surface area contributed by atoms with Crippen molar-refractivity contribution < 1.29 is 42.9 Å². The molecule has 2 aliphatic rings. The molecule has 0 bridgehead atoms. The van der Waals surface area contributed by atoms with Crippen molar-refractivity contribution in [1.29, 1.82) is 0 Å². The van der Waals surface area contributed by atoms with Gasteiger partial charge in [-0.2, -0.15) is 0 Å². The van der Waals surface area contributed by atoms with Gasteiger partial charge in [0.25, 0.3) is 0 Å². The molecule has 1 aromatic carbocycles.